The van der Waals surface area contributed by atoms with E-state index in [1.165, 1.54) is 5.69 Å². The van der Waals surface area contributed by atoms with Crippen molar-refractivity contribution in [3.63, 3.8) is 0 Å². The van der Waals surface area contributed by atoms with E-state index in [0.29, 0.717) is 24.2 Å². The van der Waals surface area contributed by atoms with Gasteiger partial charge in [0.2, 0.25) is 0 Å². The van der Waals surface area contributed by atoms with Crippen LogP contribution in [0.5, 0.6) is 0 Å². The minimum absolute atomic E-state index is 0.373. The first kappa shape index (κ1) is 11.7. The van der Waals surface area contributed by atoms with Crippen LogP contribution in [0, 0.1) is 0 Å². The highest BCUT2D eigenvalue weighted by atomic mass is 15.3. The van der Waals surface area contributed by atoms with Gasteiger partial charge in [-0.25, -0.2) is 0 Å². The van der Waals surface area contributed by atoms with Gasteiger partial charge in [0.15, 0.2) is 0 Å². The van der Waals surface area contributed by atoms with Crippen LogP contribution in [-0.2, 0) is 0 Å². The zero-order valence-electron chi connectivity index (χ0n) is 11.3. The van der Waals surface area contributed by atoms with Crippen molar-refractivity contribution in [1.29, 1.82) is 0 Å². The molecule has 0 saturated carbocycles. The minimum Gasteiger partial charge on any atom is -0.355 e. The quantitative estimate of drug-likeness (QED) is 0.837. The zero-order chi connectivity index (χ0) is 13.4. The third-order valence-electron chi connectivity index (χ3n) is 4.29. The van der Waals surface area contributed by atoms with Crippen molar-refractivity contribution in [2.45, 2.75) is 24.2 Å². The van der Waals surface area contributed by atoms with E-state index in [4.69, 9.17) is 0 Å². The Morgan fingerprint density at radius 3 is 1.85 bits per heavy atom. The molecule has 1 N–H and O–H groups in total. The van der Waals surface area contributed by atoms with Crippen molar-refractivity contribution in [2.75, 3.05) is 4.90 Å². The zero-order valence-corrected chi connectivity index (χ0v) is 11.3. The van der Waals surface area contributed by atoms with Crippen LogP contribution in [0.3, 0.4) is 0 Å². The first-order valence-corrected chi connectivity index (χ1v) is 7.23. The fraction of sp³-hybridized carbons (Fsp3) is 0.222. The lowest BCUT2D eigenvalue weighted by Crippen LogP contribution is -2.66. The minimum atomic E-state index is 0.373. The summed E-state index contributed by atoms with van der Waals surface area (Å²) in [6.07, 6.45) is 17.7. The second-order valence-corrected chi connectivity index (χ2v) is 5.48. The molecule has 4 rings (SSSR count). The Labute approximate surface area is 119 Å². The van der Waals surface area contributed by atoms with Gasteiger partial charge in [-0.2, -0.15) is 0 Å². The molecule has 4 atom stereocenters. The van der Waals surface area contributed by atoms with Crippen molar-refractivity contribution in [1.82, 2.24) is 5.32 Å². The summed E-state index contributed by atoms with van der Waals surface area (Å²) < 4.78 is 0. The van der Waals surface area contributed by atoms with Gasteiger partial charge in [-0.1, -0.05) is 66.8 Å². The molecule has 100 valence electrons. The Morgan fingerprint density at radius 1 is 0.700 bits per heavy atom. The maximum atomic E-state index is 3.74. The monoisotopic (exact) mass is 262 g/mol. The van der Waals surface area contributed by atoms with Crippen LogP contribution < -0.4 is 10.2 Å². The molecule has 4 unspecified atom stereocenters. The fourth-order valence-electron chi connectivity index (χ4n) is 3.40. The van der Waals surface area contributed by atoms with Crippen molar-refractivity contribution < 1.29 is 0 Å². The van der Waals surface area contributed by atoms with Crippen LogP contribution in [0.4, 0.5) is 5.69 Å². The molecular formula is C18H18N2. The molecule has 2 aliphatic carbocycles. The van der Waals surface area contributed by atoms with E-state index in [0.717, 1.165) is 0 Å². The second-order valence-electron chi connectivity index (χ2n) is 5.48. The first-order chi connectivity index (χ1) is 9.93. The molecule has 3 aliphatic rings. The van der Waals surface area contributed by atoms with Gasteiger partial charge in [0, 0.05) is 5.69 Å². The van der Waals surface area contributed by atoms with Gasteiger partial charge < -0.3 is 4.90 Å². The molecule has 1 aromatic carbocycles. The SMILES string of the molecule is C1=CC2NC3C=CC=CC3N(c3ccccc3)C2C=C1. The van der Waals surface area contributed by atoms with Crippen LogP contribution in [0.1, 0.15) is 0 Å². The van der Waals surface area contributed by atoms with Crippen molar-refractivity contribution in [3.05, 3.63) is 78.9 Å². The van der Waals surface area contributed by atoms with Crippen molar-refractivity contribution in [2.24, 2.45) is 0 Å². The van der Waals surface area contributed by atoms with Gasteiger partial charge in [-0.3, -0.25) is 5.32 Å². The van der Waals surface area contributed by atoms with E-state index >= 15 is 0 Å². The normalized spacial score (nSPS) is 33.9. The smallest absolute Gasteiger partial charge is 0.0672 e. The average Bonchev–Trinajstić information content (AvgIpc) is 2.53. The number of benzene rings is 1. The van der Waals surface area contributed by atoms with Crippen molar-refractivity contribution >= 4 is 5.69 Å². The lowest BCUT2D eigenvalue weighted by atomic mass is 9.88. The van der Waals surface area contributed by atoms with E-state index in [2.05, 4.69) is 89.2 Å². The number of hydrogen-bond acceptors (Lipinski definition) is 2. The first-order valence-electron chi connectivity index (χ1n) is 7.23. The second kappa shape index (κ2) is 4.80. The molecule has 1 aliphatic heterocycles. The number of anilines is 1. The largest absolute Gasteiger partial charge is 0.355 e. The van der Waals surface area contributed by atoms with Gasteiger partial charge in [0.1, 0.15) is 0 Å². The van der Waals surface area contributed by atoms with Crippen LogP contribution in [0.15, 0.2) is 78.9 Å². The molecular weight excluding hydrogens is 244 g/mol. The van der Waals surface area contributed by atoms with Crippen molar-refractivity contribution in [3.8, 4) is 0 Å². The molecule has 1 aromatic rings. The van der Waals surface area contributed by atoms with E-state index in [1.807, 2.05) is 0 Å². The number of rotatable bonds is 1. The van der Waals surface area contributed by atoms with Crippen LogP contribution in [0.25, 0.3) is 0 Å². The Bertz CT molecular complexity index is 563. The van der Waals surface area contributed by atoms with E-state index in [-0.39, 0.29) is 0 Å². The number of allylic oxidation sites excluding steroid dienone is 4. The number of nitrogens with zero attached hydrogens (tertiary/aromatic N) is 1. The maximum Gasteiger partial charge on any atom is 0.0672 e. The van der Waals surface area contributed by atoms with Crippen LogP contribution in [-0.4, -0.2) is 24.2 Å². The summed E-state index contributed by atoms with van der Waals surface area (Å²) >= 11 is 0. The molecule has 1 heterocycles. The predicted molar refractivity (Wildman–Crippen MR) is 83.8 cm³/mol. The number of fused-ring (bicyclic) bond motifs is 2. The third kappa shape index (κ3) is 1.84. The van der Waals surface area contributed by atoms with E-state index in [9.17, 15) is 0 Å². The lowest BCUT2D eigenvalue weighted by Gasteiger charge is -2.50. The summed E-state index contributed by atoms with van der Waals surface area (Å²) in [5.41, 5.74) is 1.29. The molecule has 0 spiro atoms. The molecule has 0 bridgehead atoms. The molecule has 1 fully saturated rings. The molecule has 0 radical (unpaired) electrons. The van der Waals surface area contributed by atoms with Gasteiger partial charge in [-0.15, -0.1) is 0 Å². The van der Waals surface area contributed by atoms with Gasteiger partial charge in [-0.05, 0) is 12.1 Å². The highest BCUT2D eigenvalue weighted by Crippen LogP contribution is 2.31. The summed E-state index contributed by atoms with van der Waals surface area (Å²) in [5, 5.41) is 3.74. The van der Waals surface area contributed by atoms with E-state index < -0.39 is 0 Å². The highest BCUT2D eigenvalue weighted by Gasteiger charge is 2.39. The summed E-state index contributed by atoms with van der Waals surface area (Å²) in [6.45, 7) is 0. The summed E-state index contributed by atoms with van der Waals surface area (Å²) in [6, 6.07) is 12.2. The number of hydrogen-bond donors (Lipinski definition) is 1. The van der Waals surface area contributed by atoms with Crippen LogP contribution >= 0.6 is 0 Å². The van der Waals surface area contributed by atoms with Crippen LogP contribution in [0.2, 0.25) is 0 Å². The fourth-order valence-corrected chi connectivity index (χ4v) is 3.40. The summed E-state index contributed by atoms with van der Waals surface area (Å²) in [4.78, 5) is 2.53. The average molecular weight is 262 g/mol. The molecule has 0 aromatic heterocycles. The summed E-state index contributed by atoms with van der Waals surface area (Å²) in [7, 11) is 0. The van der Waals surface area contributed by atoms with E-state index in [1.54, 1.807) is 0 Å². The molecule has 20 heavy (non-hydrogen) atoms. The Balaban J connectivity index is 1.78. The Morgan fingerprint density at radius 2 is 1.25 bits per heavy atom. The third-order valence-corrected chi connectivity index (χ3v) is 4.29. The number of para-hydroxylation sites is 1. The highest BCUT2D eigenvalue weighted by molar-refractivity contribution is 5.55. The molecule has 0 amide bonds. The standard InChI is InChI=1S/C18H18N2/c1-2-8-14(9-3-1)20-17-12-6-4-10-15(17)19-16-11-5-7-13-18(16)20/h1-13,15-19H. The lowest BCUT2D eigenvalue weighted by molar-refractivity contribution is 0.366. The molecule has 1 saturated heterocycles. The number of piperazine rings is 1. The molecule has 2 nitrogen and oxygen atoms in total. The Kier molecular flexibility index (Phi) is 2.82. The Hall–Kier alpha value is -2.06. The maximum absolute atomic E-state index is 3.74. The molecule has 2 heteroatoms. The van der Waals surface area contributed by atoms with Gasteiger partial charge >= 0.3 is 0 Å². The predicted octanol–water partition coefficient (Wildman–Crippen LogP) is 2.82. The number of nitrogens with one attached hydrogen (secondary N) is 1. The summed E-state index contributed by atoms with van der Waals surface area (Å²) in [5.74, 6) is 0. The van der Waals surface area contributed by atoms with Gasteiger partial charge in [0.25, 0.3) is 0 Å². The topological polar surface area (TPSA) is 15.3 Å². The van der Waals surface area contributed by atoms with Gasteiger partial charge in [0.05, 0.1) is 24.2 Å².